The van der Waals surface area contributed by atoms with Crippen LogP contribution in [0.15, 0.2) is 72.8 Å². The lowest BCUT2D eigenvalue weighted by atomic mass is 10.2. The number of hydrogen-bond acceptors (Lipinski definition) is 7. The summed E-state index contributed by atoms with van der Waals surface area (Å²) in [5.41, 5.74) is 2.02. The average molecular weight is 416 g/mol. The first kappa shape index (κ1) is 20.9. The first-order valence-electron chi connectivity index (χ1n) is 8.82. The summed E-state index contributed by atoms with van der Waals surface area (Å²) in [6, 6.07) is 19.1. The molecule has 3 aromatic carbocycles. The molecule has 0 radical (unpaired) electrons. The van der Waals surface area contributed by atoms with E-state index in [1.807, 2.05) is 0 Å². The van der Waals surface area contributed by atoms with Gasteiger partial charge in [-0.1, -0.05) is 36.4 Å². The van der Waals surface area contributed by atoms with Gasteiger partial charge in [-0.15, -0.1) is 0 Å². The maximum absolute atomic E-state index is 13.4. The highest BCUT2D eigenvalue weighted by molar-refractivity contribution is 7.49. The topological polar surface area (TPSA) is 105 Å². The SMILES string of the molecule is O=P(Oc1ccc(CO)cc1)(Oc1ccc(CO)cc1)Oc1ccc(CO)cc1. The number of benzene rings is 3. The first-order chi connectivity index (χ1) is 14.0. The van der Waals surface area contributed by atoms with Crippen molar-refractivity contribution in [2.75, 3.05) is 0 Å². The fraction of sp³-hybridized carbons (Fsp3) is 0.143. The monoisotopic (exact) mass is 416 g/mol. The van der Waals surface area contributed by atoms with Crippen molar-refractivity contribution in [3.8, 4) is 17.2 Å². The number of rotatable bonds is 9. The lowest BCUT2D eigenvalue weighted by Gasteiger charge is -2.19. The molecule has 0 bridgehead atoms. The third kappa shape index (κ3) is 5.82. The zero-order valence-corrected chi connectivity index (χ0v) is 16.4. The summed E-state index contributed by atoms with van der Waals surface area (Å²) in [7, 11) is -4.14. The molecule has 0 aliphatic rings. The lowest BCUT2D eigenvalue weighted by Crippen LogP contribution is -2.07. The fourth-order valence-corrected chi connectivity index (χ4v) is 3.66. The van der Waals surface area contributed by atoms with Crippen molar-refractivity contribution in [1.29, 1.82) is 0 Å². The molecular formula is C21H21O7P. The van der Waals surface area contributed by atoms with Crippen LogP contribution < -0.4 is 13.6 Å². The van der Waals surface area contributed by atoms with Crippen molar-refractivity contribution in [2.45, 2.75) is 19.8 Å². The lowest BCUT2D eigenvalue weighted by molar-refractivity contribution is 0.281. The summed E-state index contributed by atoms with van der Waals surface area (Å²) in [5.74, 6) is 0.721. The number of phosphoric acid groups is 1. The van der Waals surface area contributed by atoms with Crippen LogP contribution >= 0.6 is 7.82 Å². The summed E-state index contributed by atoms with van der Waals surface area (Å²) in [5, 5.41) is 27.5. The molecule has 152 valence electrons. The maximum Gasteiger partial charge on any atom is 0.647 e. The number of hydrogen-bond donors (Lipinski definition) is 3. The van der Waals surface area contributed by atoms with E-state index in [0.29, 0.717) is 16.7 Å². The highest BCUT2D eigenvalue weighted by Gasteiger charge is 2.33. The van der Waals surface area contributed by atoms with Crippen LogP contribution in [-0.4, -0.2) is 15.3 Å². The highest BCUT2D eigenvalue weighted by Crippen LogP contribution is 2.49. The minimum Gasteiger partial charge on any atom is -0.392 e. The van der Waals surface area contributed by atoms with Gasteiger partial charge in [0.15, 0.2) is 0 Å². The fourth-order valence-electron chi connectivity index (χ4n) is 2.41. The van der Waals surface area contributed by atoms with Crippen molar-refractivity contribution in [3.05, 3.63) is 89.5 Å². The Morgan fingerprint density at radius 1 is 0.517 bits per heavy atom. The molecule has 0 aliphatic carbocycles. The van der Waals surface area contributed by atoms with Crippen LogP contribution in [0.3, 0.4) is 0 Å². The Labute approximate surface area is 168 Å². The van der Waals surface area contributed by atoms with Gasteiger partial charge in [0.25, 0.3) is 0 Å². The molecule has 0 spiro atoms. The van der Waals surface area contributed by atoms with E-state index in [4.69, 9.17) is 28.9 Å². The summed E-state index contributed by atoms with van der Waals surface area (Å²) >= 11 is 0. The highest BCUT2D eigenvalue weighted by atomic mass is 31.2. The Morgan fingerprint density at radius 2 is 0.759 bits per heavy atom. The largest absolute Gasteiger partial charge is 0.647 e. The van der Waals surface area contributed by atoms with Crippen molar-refractivity contribution >= 4 is 7.82 Å². The van der Waals surface area contributed by atoms with E-state index in [9.17, 15) is 4.57 Å². The van der Waals surface area contributed by atoms with Gasteiger partial charge in [-0.05, 0) is 53.1 Å². The predicted octanol–water partition coefficient (Wildman–Crippen LogP) is 3.81. The van der Waals surface area contributed by atoms with Crippen molar-refractivity contribution in [2.24, 2.45) is 0 Å². The van der Waals surface area contributed by atoms with Crippen LogP contribution in [0.25, 0.3) is 0 Å². The Bertz CT molecular complexity index is 827. The molecule has 0 atom stereocenters. The van der Waals surface area contributed by atoms with Crippen LogP contribution in [-0.2, 0) is 24.4 Å². The summed E-state index contributed by atoms with van der Waals surface area (Å²) in [6.07, 6.45) is 0. The van der Waals surface area contributed by atoms with E-state index in [-0.39, 0.29) is 37.1 Å². The molecule has 0 saturated carbocycles. The van der Waals surface area contributed by atoms with Crippen molar-refractivity contribution < 1.29 is 33.5 Å². The molecule has 0 aromatic heterocycles. The molecule has 0 fully saturated rings. The predicted molar refractivity (Wildman–Crippen MR) is 107 cm³/mol. The van der Waals surface area contributed by atoms with Gasteiger partial charge < -0.3 is 28.9 Å². The molecule has 0 aliphatic heterocycles. The quantitative estimate of drug-likeness (QED) is 0.456. The number of aliphatic hydroxyl groups is 3. The Morgan fingerprint density at radius 3 is 0.966 bits per heavy atom. The van der Waals surface area contributed by atoms with Crippen LogP contribution in [0, 0.1) is 0 Å². The zero-order valence-electron chi connectivity index (χ0n) is 15.5. The van der Waals surface area contributed by atoms with E-state index in [0.717, 1.165) is 0 Å². The Kier molecular flexibility index (Phi) is 6.90. The molecule has 3 rings (SSSR count). The molecule has 3 N–H and O–H groups in total. The van der Waals surface area contributed by atoms with Gasteiger partial charge in [-0.2, -0.15) is 4.57 Å². The van der Waals surface area contributed by atoms with Crippen LogP contribution in [0.4, 0.5) is 0 Å². The van der Waals surface area contributed by atoms with E-state index in [2.05, 4.69) is 0 Å². The maximum atomic E-state index is 13.4. The van der Waals surface area contributed by atoms with E-state index >= 15 is 0 Å². The van der Waals surface area contributed by atoms with E-state index in [1.54, 1.807) is 72.8 Å². The van der Waals surface area contributed by atoms with Gasteiger partial charge in [0.1, 0.15) is 17.2 Å². The molecule has 3 aromatic rings. The molecule has 0 saturated heterocycles. The van der Waals surface area contributed by atoms with Crippen LogP contribution in [0.2, 0.25) is 0 Å². The second kappa shape index (κ2) is 9.58. The molecule has 0 amide bonds. The molecule has 0 unspecified atom stereocenters. The van der Waals surface area contributed by atoms with Gasteiger partial charge in [0.05, 0.1) is 19.8 Å². The smallest absolute Gasteiger partial charge is 0.392 e. The Balaban J connectivity index is 1.85. The van der Waals surface area contributed by atoms with E-state index in [1.165, 1.54) is 0 Å². The third-order valence-corrected chi connectivity index (χ3v) is 5.27. The second-order valence-corrected chi connectivity index (χ2v) is 7.57. The normalized spacial score (nSPS) is 11.1. The summed E-state index contributed by atoms with van der Waals surface area (Å²) in [4.78, 5) is 0. The number of phosphoric ester groups is 1. The molecule has 8 heteroatoms. The molecule has 0 heterocycles. The Hall–Kier alpha value is -2.83. The van der Waals surface area contributed by atoms with Crippen molar-refractivity contribution in [3.63, 3.8) is 0 Å². The van der Waals surface area contributed by atoms with Gasteiger partial charge in [0.2, 0.25) is 0 Å². The molecule has 29 heavy (non-hydrogen) atoms. The van der Waals surface area contributed by atoms with E-state index < -0.39 is 7.82 Å². The zero-order chi connectivity index (χ0) is 20.7. The molecule has 7 nitrogen and oxygen atoms in total. The average Bonchev–Trinajstić information content (AvgIpc) is 2.75. The summed E-state index contributed by atoms with van der Waals surface area (Å²) < 4.78 is 30.0. The van der Waals surface area contributed by atoms with Crippen LogP contribution in [0.1, 0.15) is 16.7 Å². The van der Waals surface area contributed by atoms with Crippen molar-refractivity contribution in [1.82, 2.24) is 0 Å². The minimum absolute atomic E-state index is 0.126. The standard InChI is InChI=1S/C21H21O7P/c22-13-16-1-7-19(8-2-16)26-29(25,27-20-9-3-17(14-23)4-10-20)28-21-11-5-18(15-24)6-12-21/h1-12,22-24H,13-15H2. The van der Waals surface area contributed by atoms with Gasteiger partial charge >= 0.3 is 7.82 Å². The molecular weight excluding hydrogens is 395 g/mol. The summed E-state index contributed by atoms with van der Waals surface area (Å²) in [6.45, 7) is -0.377. The van der Waals surface area contributed by atoms with Crippen LogP contribution in [0.5, 0.6) is 17.2 Å². The van der Waals surface area contributed by atoms with Gasteiger partial charge in [0, 0.05) is 0 Å². The second-order valence-electron chi connectivity index (χ2n) is 6.13. The minimum atomic E-state index is -4.14. The first-order valence-corrected chi connectivity index (χ1v) is 10.3. The van der Waals surface area contributed by atoms with Gasteiger partial charge in [-0.25, -0.2) is 0 Å². The number of aliphatic hydroxyl groups excluding tert-OH is 3. The van der Waals surface area contributed by atoms with Gasteiger partial charge in [-0.3, -0.25) is 0 Å². The third-order valence-electron chi connectivity index (χ3n) is 3.97.